The van der Waals surface area contributed by atoms with Crippen LogP contribution in [0.1, 0.15) is 37.8 Å². The number of hydrogen-bond acceptors (Lipinski definition) is 2. The van der Waals surface area contributed by atoms with E-state index in [1.54, 1.807) is 0 Å². The molecule has 1 aliphatic rings. The smallest absolute Gasteiger partial charge is 0.0399 e. The zero-order chi connectivity index (χ0) is 13.0. The largest absolute Gasteiger partial charge is 0.370 e. The summed E-state index contributed by atoms with van der Waals surface area (Å²) >= 11 is 0. The zero-order valence-corrected chi connectivity index (χ0v) is 12.0. The van der Waals surface area contributed by atoms with Gasteiger partial charge in [0, 0.05) is 24.8 Å². The van der Waals surface area contributed by atoms with Gasteiger partial charge in [0.25, 0.3) is 0 Å². The van der Waals surface area contributed by atoms with Gasteiger partial charge in [0.05, 0.1) is 0 Å². The molecule has 0 spiro atoms. The standard InChI is InChI=1S/C16H26N2/c1-4-15(17-5-2)12-18-10-6-7-14-11-13(3)8-9-16(14)18/h8-9,11,15,17H,4-7,10,12H2,1-3H3. The summed E-state index contributed by atoms with van der Waals surface area (Å²) in [4.78, 5) is 2.56. The molecule has 2 heteroatoms. The first-order chi connectivity index (χ1) is 8.74. The maximum atomic E-state index is 3.58. The zero-order valence-electron chi connectivity index (χ0n) is 12.0. The molecule has 1 aliphatic heterocycles. The Labute approximate surface area is 111 Å². The lowest BCUT2D eigenvalue weighted by molar-refractivity contribution is 0.495. The third kappa shape index (κ3) is 3.05. The first-order valence-corrected chi connectivity index (χ1v) is 7.32. The Bertz CT molecular complexity index is 387. The normalized spacial score (nSPS) is 16.5. The van der Waals surface area contributed by atoms with Gasteiger partial charge >= 0.3 is 0 Å². The fourth-order valence-corrected chi connectivity index (χ4v) is 2.89. The van der Waals surface area contributed by atoms with E-state index in [1.807, 2.05) is 0 Å². The fraction of sp³-hybridized carbons (Fsp3) is 0.625. The van der Waals surface area contributed by atoms with Gasteiger partial charge in [-0.05, 0) is 44.4 Å². The number of fused-ring (bicyclic) bond motifs is 1. The van der Waals surface area contributed by atoms with E-state index >= 15 is 0 Å². The predicted molar refractivity (Wildman–Crippen MR) is 79.5 cm³/mol. The molecule has 0 radical (unpaired) electrons. The van der Waals surface area contributed by atoms with E-state index in [1.165, 1.54) is 42.6 Å². The quantitative estimate of drug-likeness (QED) is 0.858. The van der Waals surface area contributed by atoms with Crippen LogP contribution in [0.3, 0.4) is 0 Å². The molecule has 1 unspecified atom stereocenters. The van der Waals surface area contributed by atoms with Crippen LogP contribution in [0.15, 0.2) is 18.2 Å². The van der Waals surface area contributed by atoms with Crippen molar-refractivity contribution in [2.45, 2.75) is 46.1 Å². The minimum atomic E-state index is 0.613. The molecule has 1 aromatic carbocycles. The molecule has 0 amide bonds. The van der Waals surface area contributed by atoms with Crippen molar-refractivity contribution in [2.24, 2.45) is 0 Å². The Morgan fingerprint density at radius 2 is 2.17 bits per heavy atom. The average Bonchev–Trinajstić information content (AvgIpc) is 2.38. The Morgan fingerprint density at radius 3 is 2.89 bits per heavy atom. The van der Waals surface area contributed by atoms with Crippen molar-refractivity contribution in [3.63, 3.8) is 0 Å². The molecule has 0 saturated carbocycles. The van der Waals surface area contributed by atoms with Gasteiger partial charge in [0.15, 0.2) is 0 Å². The van der Waals surface area contributed by atoms with E-state index in [-0.39, 0.29) is 0 Å². The maximum absolute atomic E-state index is 3.58. The lowest BCUT2D eigenvalue weighted by atomic mass is 9.99. The van der Waals surface area contributed by atoms with Gasteiger partial charge in [-0.15, -0.1) is 0 Å². The number of rotatable bonds is 5. The predicted octanol–water partition coefficient (Wildman–Crippen LogP) is 3.14. The Morgan fingerprint density at radius 1 is 1.33 bits per heavy atom. The Kier molecular flexibility index (Phi) is 4.65. The van der Waals surface area contributed by atoms with Gasteiger partial charge < -0.3 is 10.2 Å². The first-order valence-electron chi connectivity index (χ1n) is 7.32. The van der Waals surface area contributed by atoms with Crippen molar-refractivity contribution in [1.29, 1.82) is 0 Å². The van der Waals surface area contributed by atoms with Crippen molar-refractivity contribution in [3.8, 4) is 0 Å². The van der Waals surface area contributed by atoms with Crippen LogP contribution < -0.4 is 10.2 Å². The summed E-state index contributed by atoms with van der Waals surface area (Å²) in [7, 11) is 0. The molecule has 1 heterocycles. The van der Waals surface area contributed by atoms with E-state index in [2.05, 4.69) is 49.2 Å². The molecule has 0 bridgehead atoms. The highest BCUT2D eigenvalue weighted by atomic mass is 15.2. The summed E-state index contributed by atoms with van der Waals surface area (Å²) in [6, 6.07) is 7.52. The summed E-state index contributed by atoms with van der Waals surface area (Å²) in [5.41, 5.74) is 4.38. The molecule has 0 aliphatic carbocycles. The van der Waals surface area contributed by atoms with Crippen LogP contribution in [-0.4, -0.2) is 25.7 Å². The van der Waals surface area contributed by atoms with Gasteiger partial charge in [0.2, 0.25) is 0 Å². The Hall–Kier alpha value is -1.02. The second kappa shape index (κ2) is 6.24. The van der Waals surface area contributed by atoms with Crippen LogP contribution in [0.4, 0.5) is 5.69 Å². The summed E-state index contributed by atoms with van der Waals surface area (Å²) < 4.78 is 0. The SMILES string of the molecule is CCNC(CC)CN1CCCc2cc(C)ccc21. The van der Waals surface area contributed by atoms with Gasteiger partial charge in [0.1, 0.15) is 0 Å². The highest BCUT2D eigenvalue weighted by molar-refractivity contribution is 5.56. The first kappa shape index (κ1) is 13.4. The molecule has 1 N–H and O–H groups in total. The van der Waals surface area contributed by atoms with Crippen molar-refractivity contribution < 1.29 is 0 Å². The van der Waals surface area contributed by atoms with Crippen LogP contribution in [-0.2, 0) is 6.42 Å². The molecule has 18 heavy (non-hydrogen) atoms. The molecule has 0 saturated heterocycles. The van der Waals surface area contributed by atoms with Gasteiger partial charge in [-0.2, -0.15) is 0 Å². The highest BCUT2D eigenvalue weighted by Crippen LogP contribution is 2.28. The molecular weight excluding hydrogens is 220 g/mol. The lowest BCUT2D eigenvalue weighted by Gasteiger charge is -2.34. The van der Waals surface area contributed by atoms with E-state index < -0.39 is 0 Å². The minimum Gasteiger partial charge on any atom is -0.370 e. The van der Waals surface area contributed by atoms with Crippen LogP contribution in [0.2, 0.25) is 0 Å². The molecule has 100 valence electrons. The second-order valence-electron chi connectivity index (χ2n) is 5.34. The summed E-state index contributed by atoms with van der Waals surface area (Å²) in [5, 5.41) is 3.58. The molecule has 1 atom stereocenters. The van der Waals surface area contributed by atoms with Gasteiger partial charge in [-0.25, -0.2) is 0 Å². The topological polar surface area (TPSA) is 15.3 Å². The molecular formula is C16H26N2. The molecule has 0 fully saturated rings. The third-order valence-electron chi connectivity index (χ3n) is 3.88. The van der Waals surface area contributed by atoms with Crippen LogP contribution in [0.25, 0.3) is 0 Å². The van der Waals surface area contributed by atoms with Crippen molar-refractivity contribution in [2.75, 3.05) is 24.5 Å². The number of hydrogen-bond donors (Lipinski definition) is 1. The Balaban J connectivity index is 2.12. The monoisotopic (exact) mass is 246 g/mol. The summed E-state index contributed by atoms with van der Waals surface area (Å²) in [5.74, 6) is 0. The summed E-state index contributed by atoms with van der Waals surface area (Å²) in [6.45, 7) is 10.1. The number of nitrogens with one attached hydrogen (secondary N) is 1. The van der Waals surface area contributed by atoms with E-state index in [9.17, 15) is 0 Å². The number of likely N-dealkylation sites (N-methyl/N-ethyl adjacent to an activating group) is 1. The van der Waals surface area contributed by atoms with Crippen LogP contribution in [0, 0.1) is 6.92 Å². The lowest BCUT2D eigenvalue weighted by Crippen LogP contribution is -2.42. The van der Waals surface area contributed by atoms with Crippen LogP contribution in [0.5, 0.6) is 0 Å². The van der Waals surface area contributed by atoms with E-state index in [0.29, 0.717) is 6.04 Å². The van der Waals surface area contributed by atoms with E-state index in [0.717, 1.165) is 13.1 Å². The average molecular weight is 246 g/mol. The molecule has 1 aromatic rings. The van der Waals surface area contributed by atoms with Crippen LogP contribution >= 0.6 is 0 Å². The molecule has 2 rings (SSSR count). The minimum absolute atomic E-state index is 0.613. The molecule has 0 aromatic heterocycles. The van der Waals surface area contributed by atoms with Crippen molar-refractivity contribution in [1.82, 2.24) is 5.32 Å². The number of nitrogens with zero attached hydrogens (tertiary/aromatic N) is 1. The number of anilines is 1. The van der Waals surface area contributed by atoms with Gasteiger partial charge in [-0.3, -0.25) is 0 Å². The highest BCUT2D eigenvalue weighted by Gasteiger charge is 2.19. The molecule has 2 nitrogen and oxygen atoms in total. The number of benzene rings is 1. The third-order valence-corrected chi connectivity index (χ3v) is 3.88. The second-order valence-corrected chi connectivity index (χ2v) is 5.34. The van der Waals surface area contributed by atoms with Crippen molar-refractivity contribution in [3.05, 3.63) is 29.3 Å². The number of aryl methyl sites for hydroxylation is 2. The van der Waals surface area contributed by atoms with Gasteiger partial charge in [-0.1, -0.05) is 31.5 Å². The maximum Gasteiger partial charge on any atom is 0.0399 e. The van der Waals surface area contributed by atoms with E-state index in [4.69, 9.17) is 0 Å². The fourth-order valence-electron chi connectivity index (χ4n) is 2.89. The summed E-state index contributed by atoms with van der Waals surface area (Å²) in [6.07, 6.45) is 3.73. The van der Waals surface area contributed by atoms with Crippen molar-refractivity contribution >= 4 is 5.69 Å².